The van der Waals surface area contributed by atoms with E-state index in [0.29, 0.717) is 57.0 Å². The van der Waals surface area contributed by atoms with Crippen LogP contribution in [-0.2, 0) is 16.0 Å². The Kier molecular flexibility index (Phi) is 7.29. The second kappa shape index (κ2) is 10.6. The lowest BCUT2D eigenvalue weighted by Crippen LogP contribution is -2.40. The van der Waals surface area contributed by atoms with Crippen molar-refractivity contribution in [2.45, 2.75) is 38.6 Å². The molecule has 2 aliphatic rings. The van der Waals surface area contributed by atoms with Crippen molar-refractivity contribution in [3.63, 3.8) is 0 Å². The second-order valence-electron chi connectivity index (χ2n) is 8.70. The van der Waals surface area contributed by atoms with Gasteiger partial charge in [-0.25, -0.2) is 0 Å². The highest BCUT2D eigenvalue weighted by Gasteiger charge is 2.30. The first-order chi connectivity index (χ1) is 17.1. The van der Waals surface area contributed by atoms with Gasteiger partial charge in [0.15, 0.2) is 5.82 Å². The molecule has 1 saturated heterocycles. The third-order valence-electron chi connectivity index (χ3n) is 6.37. The number of aliphatic hydroxyl groups is 1. The lowest BCUT2D eigenvalue weighted by Gasteiger charge is -2.26. The maximum atomic E-state index is 12.7. The number of aromatic nitrogens is 3. The number of hydrogen-bond donors (Lipinski definition) is 1. The van der Waals surface area contributed by atoms with Gasteiger partial charge in [0.1, 0.15) is 16.9 Å². The summed E-state index contributed by atoms with van der Waals surface area (Å²) in [4.78, 5) is 20.9. The molecule has 8 nitrogen and oxygen atoms in total. The smallest absolute Gasteiger partial charge is 0.223 e. The number of thiophene rings is 1. The van der Waals surface area contributed by atoms with Crippen molar-refractivity contribution in [1.82, 2.24) is 19.7 Å². The molecule has 4 heterocycles. The van der Waals surface area contributed by atoms with E-state index >= 15 is 0 Å². The number of aliphatic hydroxyl groups excluding tert-OH is 1. The molecule has 10 heteroatoms. The molecule has 5 rings (SSSR count). The van der Waals surface area contributed by atoms with Crippen LogP contribution in [0, 0.1) is 6.92 Å². The van der Waals surface area contributed by atoms with Gasteiger partial charge in [-0.05, 0) is 38.3 Å². The molecule has 1 aromatic carbocycles. The highest BCUT2D eigenvalue weighted by molar-refractivity contribution is 7.15. The zero-order chi connectivity index (χ0) is 24.4. The van der Waals surface area contributed by atoms with Crippen LogP contribution >= 0.6 is 22.9 Å². The van der Waals surface area contributed by atoms with Gasteiger partial charge >= 0.3 is 0 Å². The molecule has 184 valence electrons. The number of ether oxygens (including phenoxy) is 1. The largest absolute Gasteiger partial charge is 0.396 e. The number of hydrogen-bond acceptors (Lipinski definition) is 7. The second-order valence-corrected chi connectivity index (χ2v) is 10.2. The fourth-order valence-electron chi connectivity index (χ4n) is 4.57. The first kappa shape index (κ1) is 24.1. The minimum Gasteiger partial charge on any atom is -0.396 e. The van der Waals surface area contributed by atoms with Gasteiger partial charge in [-0.2, -0.15) is 0 Å². The van der Waals surface area contributed by atoms with Gasteiger partial charge < -0.3 is 14.7 Å². The summed E-state index contributed by atoms with van der Waals surface area (Å²) < 4.78 is 7.44. The number of carbonyl (C=O) groups excluding carboxylic acids is 1. The third kappa shape index (κ3) is 4.91. The first-order valence-corrected chi connectivity index (χ1v) is 13.1. The molecular formula is C25H28ClN5O3S. The molecule has 1 atom stereocenters. The minimum atomic E-state index is -0.249. The normalized spacial score (nSPS) is 17.5. The molecule has 0 saturated carbocycles. The molecule has 1 N–H and O–H groups in total. The molecule has 1 unspecified atom stereocenters. The van der Waals surface area contributed by atoms with E-state index in [0.717, 1.165) is 38.4 Å². The summed E-state index contributed by atoms with van der Waals surface area (Å²) in [6, 6.07) is 9.59. The summed E-state index contributed by atoms with van der Waals surface area (Å²) in [6.45, 7) is 4.53. The van der Waals surface area contributed by atoms with Crippen LogP contribution < -0.4 is 0 Å². The summed E-state index contributed by atoms with van der Waals surface area (Å²) >= 11 is 8.27. The van der Waals surface area contributed by atoms with Crippen LogP contribution in [0.4, 0.5) is 0 Å². The van der Waals surface area contributed by atoms with Gasteiger partial charge in [0, 0.05) is 47.1 Å². The molecule has 1 fully saturated rings. The number of fused-ring (bicyclic) bond motifs is 3. The van der Waals surface area contributed by atoms with E-state index < -0.39 is 0 Å². The first-order valence-electron chi connectivity index (χ1n) is 11.9. The number of halogens is 1. The van der Waals surface area contributed by atoms with Crippen LogP contribution in [-0.4, -0.2) is 69.3 Å². The van der Waals surface area contributed by atoms with E-state index in [9.17, 15) is 9.90 Å². The Morgan fingerprint density at radius 1 is 1.23 bits per heavy atom. The van der Waals surface area contributed by atoms with Crippen molar-refractivity contribution in [3.8, 4) is 5.00 Å². The van der Waals surface area contributed by atoms with E-state index in [-0.39, 0.29) is 18.6 Å². The van der Waals surface area contributed by atoms with Gasteiger partial charge in [-0.15, -0.1) is 21.5 Å². The molecule has 0 radical (unpaired) electrons. The van der Waals surface area contributed by atoms with Crippen LogP contribution in [0.25, 0.3) is 5.00 Å². The Morgan fingerprint density at radius 3 is 2.80 bits per heavy atom. The van der Waals surface area contributed by atoms with E-state index in [2.05, 4.69) is 20.8 Å². The zero-order valence-electron chi connectivity index (χ0n) is 19.6. The Hall–Kier alpha value is -2.59. The maximum absolute atomic E-state index is 12.7. The Balaban J connectivity index is 1.54. The molecule has 35 heavy (non-hydrogen) atoms. The Labute approximate surface area is 213 Å². The zero-order valence-corrected chi connectivity index (χ0v) is 21.2. The fraction of sp³-hybridized carbons (Fsp3) is 0.440. The number of nitrogens with zero attached hydrogens (tertiary/aromatic N) is 5. The molecule has 3 aromatic rings. The summed E-state index contributed by atoms with van der Waals surface area (Å²) in [5.74, 6) is 1.70. The van der Waals surface area contributed by atoms with Crippen molar-refractivity contribution in [2.75, 3.05) is 32.9 Å². The van der Waals surface area contributed by atoms with E-state index in [1.54, 1.807) is 11.3 Å². The molecule has 0 aliphatic carbocycles. The maximum Gasteiger partial charge on any atom is 0.223 e. The van der Waals surface area contributed by atoms with Crippen molar-refractivity contribution in [1.29, 1.82) is 0 Å². The third-order valence-corrected chi connectivity index (χ3v) is 7.88. The van der Waals surface area contributed by atoms with Gasteiger partial charge in [-0.3, -0.25) is 14.4 Å². The molecule has 1 amide bonds. The minimum absolute atomic E-state index is 0.0870. The molecule has 0 bridgehead atoms. The molecule has 2 aromatic heterocycles. The summed E-state index contributed by atoms with van der Waals surface area (Å²) in [6.07, 6.45) is 2.36. The van der Waals surface area contributed by atoms with Crippen LogP contribution in [0.3, 0.4) is 0 Å². The highest BCUT2D eigenvalue weighted by atomic mass is 35.5. The molecule has 2 aliphatic heterocycles. The quantitative estimate of drug-likeness (QED) is 0.519. The number of morpholine rings is 1. The van der Waals surface area contributed by atoms with Gasteiger partial charge in [0.25, 0.3) is 0 Å². The fourth-order valence-corrected chi connectivity index (χ4v) is 6.00. The number of rotatable bonds is 7. The summed E-state index contributed by atoms with van der Waals surface area (Å²) in [5.41, 5.74) is 2.63. The predicted octanol–water partition coefficient (Wildman–Crippen LogP) is 3.75. The van der Waals surface area contributed by atoms with Crippen LogP contribution in [0.5, 0.6) is 0 Å². The van der Waals surface area contributed by atoms with Crippen LogP contribution in [0.1, 0.15) is 53.0 Å². The number of carbonyl (C=O) groups is 1. The molecule has 0 spiro atoms. The van der Waals surface area contributed by atoms with E-state index in [1.807, 2.05) is 36.1 Å². The predicted molar refractivity (Wildman–Crippen MR) is 136 cm³/mol. The topological polar surface area (TPSA) is 92.8 Å². The average molecular weight is 514 g/mol. The Morgan fingerprint density at radius 2 is 2.03 bits per heavy atom. The number of amides is 1. The van der Waals surface area contributed by atoms with Crippen molar-refractivity contribution < 1.29 is 14.6 Å². The standard InChI is InChI=1S/C25H28ClN5O3S/c1-16-28-29-24-21(7-4-12-32)27-23(18-5-2-3-6-20(18)26)19-15-17(35-25(19)31(16)24)8-9-22(33)30-10-13-34-14-11-30/h2-3,5-6,15,21,32H,4,7-14H2,1H3. The monoisotopic (exact) mass is 513 g/mol. The lowest BCUT2D eigenvalue weighted by molar-refractivity contribution is -0.135. The van der Waals surface area contributed by atoms with Gasteiger partial charge in [-0.1, -0.05) is 29.8 Å². The molecular weight excluding hydrogens is 486 g/mol. The van der Waals surface area contributed by atoms with Gasteiger partial charge in [0.05, 0.1) is 18.9 Å². The van der Waals surface area contributed by atoms with E-state index in [4.69, 9.17) is 21.3 Å². The van der Waals surface area contributed by atoms with E-state index in [1.165, 1.54) is 0 Å². The van der Waals surface area contributed by atoms with Crippen molar-refractivity contribution in [2.24, 2.45) is 4.99 Å². The van der Waals surface area contributed by atoms with Crippen molar-refractivity contribution >= 4 is 34.6 Å². The van der Waals surface area contributed by atoms with Crippen molar-refractivity contribution in [3.05, 3.63) is 63.0 Å². The Bertz CT molecular complexity index is 1250. The van der Waals surface area contributed by atoms with Gasteiger partial charge in [0.2, 0.25) is 5.91 Å². The summed E-state index contributed by atoms with van der Waals surface area (Å²) in [5, 5.41) is 19.9. The highest BCUT2D eigenvalue weighted by Crippen LogP contribution is 2.38. The SMILES string of the molecule is Cc1nnc2n1-c1sc(CCC(=O)N3CCOCC3)cc1C(c1ccccc1Cl)=NC2CCCO. The summed E-state index contributed by atoms with van der Waals surface area (Å²) in [7, 11) is 0. The van der Waals surface area contributed by atoms with Crippen LogP contribution in [0.2, 0.25) is 5.02 Å². The number of aliphatic imine (C=N–C) groups is 1. The number of aryl methyl sites for hydroxylation is 2. The lowest BCUT2D eigenvalue weighted by atomic mass is 10.0. The number of benzene rings is 1. The average Bonchev–Trinajstić information content (AvgIpc) is 3.44. The van der Waals surface area contributed by atoms with Crippen LogP contribution in [0.15, 0.2) is 35.3 Å².